The van der Waals surface area contributed by atoms with Crippen molar-refractivity contribution in [3.8, 4) is 6.07 Å². The van der Waals surface area contributed by atoms with E-state index in [4.69, 9.17) is 10.00 Å². The number of nitriles is 1. The Hall–Kier alpha value is -1.08. The molecule has 0 bridgehead atoms. The Bertz CT molecular complexity index is 150. The van der Waals surface area contributed by atoms with E-state index in [0.29, 0.717) is 19.6 Å². The molecule has 0 amide bonds. The highest BCUT2D eigenvalue weighted by atomic mass is 16.6. The minimum absolute atomic E-state index is 0.265. The topological polar surface area (TPSA) is 59.3 Å². The number of carbonyl (C=O) groups excluding carboxylic acids is 1. The van der Waals surface area contributed by atoms with Crippen molar-refractivity contribution in [1.29, 1.82) is 5.26 Å². The highest BCUT2D eigenvalue weighted by Gasteiger charge is 1.91. The summed E-state index contributed by atoms with van der Waals surface area (Å²) in [6, 6.07) is 1.93. The minimum Gasteiger partial charge on any atom is -0.463 e. The van der Waals surface area contributed by atoms with Gasteiger partial charge in [0.25, 0.3) is 0 Å². The standard InChI is InChI=1S/C7H11NO3/c1-7(9)11-6-5-10-4-2-3-8/h2,4-6H2,1H3. The van der Waals surface area contributed by atoms with Gasteiger partial charge in [-0.25, -0.2) is 0 Å². The van der Waals surface area contributed by atoms with E-state index in [9.17, 15) is 4.79 Å². The van der Waals surface area contributed by atoms with Gasteiger partial charge in [0.2, 0.25) is 0 Å². The van der Waals surface area contributed by atoms with Gasteiger partial charge >= 0.3 is 5.97 Å². The van der Waals surface area contributed by atoms with Gasteiger partial charge in [-0.1, -0.05) is 0 Å². The molecular formula is C7H11NO3. The number of rotatable bonds is 5. The smallest absolute Gasteiger partial charge is 0.302 e. The van der Waals surface area contributed by atoms with Crippen LogP contribution < -0.4 is 0 Å². The predicted molar refractivity (Wildman–Crippen MR) is 37.7 cm³/mol. The van der Waals surface area contributed by atoms with Crippen LogP contribution in [0.3, 0.4) is 0 Å². The second-order valence-electron chi connectivity index (χ2n) is 1.86. The van der Waals surface area contributed by atoms with Crippen LogP contribution in [0.15, 0.2) is 0 Å². The molecule has 0 spiro atoms. The molecule has 4 nitrogen and oxygen atoms in total. The van der Waals surface area contributed by atoms with E-state index in [1.54, 1.807) is 0 Å². The molecule has 0 saturated heterocycles. The zero-order valence-electron chi connectivity index (χ0n) is 6.50. The Labute approximate surface area is 65.7 Å². The minimum atomic E-state index is -0.311. The van der Waals surface area contributed by atoms with Crippen LogP contribution in [0, 0.1) is 11.3 Å². The monoisotopic (exact) mass is 157 g/mol. The molecule has 0 saturated carbocycles. The lowest BCUT2D eigenvalue weighted by molar-refractivity contribution is -0.142. The van der Waals surface area contributed by atoms with Crippen LogP contribution in [-0.4, -0.2) is 25.8 Å². The fourth-order valence-electron chi connectivity index (χ4n) is 0.464. The molecular weight excluding hydrogens is 146 g/mol. The molecule has 0 aliphatic heterocycles. The quantitative estimate of drug-likeness (QED) is 0.430. The molecule has 0 aromatic heterocycles. The van der Waals surface area contributed by atoms with Gasteiger partial charge in [0.05, 0.1) is 25.7 Å². The second-order valence-corrected chi connectivity index (χ2v) is 1.86. The van der Waals surface area contributed by atoms with E-state index < -0.39 is 0 Å². The number of nitrogens with zero attached hydrogens (tertiary/aromatic N) is 1. The van der Waals surface area contributed by atoms with E-state index in [1.165, 1.54) is 6.92 Å². The van der Waals surface area contributed by atoms with Crippen LogP contribution >= 0.6 is 0 Å². The summed E-state index contributed by atoms with van der Waals surface area (Å²) in [5, 5.41) is 8.10. The lowest BCUT2D eigenvalue weighted by Crippen LogP contribution is -2.07. The van der Waals surface area contributed by atoms with Crippen LogP contribution in [0.4, 0.5) is 0 Å². The average Bonchev–Trinajstić information content (AvgIpc) is 1.96. The molecule has 0 aliphatic carbocycles. The second kappa shape index (κ2) is 7.03. The summed E-state index contributed by atoms with van der Waals surface area (Å²) in [7, 11) is 0. The molecule has 0 aromatic rings. The third kappa shape index (κ3) is 8.92. The summed E-state index contributed by atoms with van der Waals surface area (Å²) in [5.41, 5.74) is 0. The van der Waals surface area contributed by atoms with Crippen molar-refractivity contribution < 1.29 is 14.3 Å². The molecule has 0 N–H and O–H groups in total. The van der Waals surface area contributed by atoms with Crippen molar-refractivity contribution in [3.63, 3.8) is 0 Å². The molecule has 0 aromatic carbocycles. The zero-order chi connectivity index (χ0) is 8.53. The van der Waals surface area contributed by atoms with Crippen LogP contribution in [-0.2, 0) is 14.3 Å². The fraction of sp³-hybridized carbons (Fsp3) is 0.714. The average molecular weight is 157 g/mol. The molecule has 4 heteroatoms. The van der Waals surface area contributed by atoms with Crippen molar-refractivity contribution in [2.24, 2.45) is 0 Å². The molecule has 0 aliphatic rings. The summed E-state index contributed by atoms with van der Waals surface area (Å²) in [6.07, 6.45) is 0.375. The normalized spacial score (nSPS) is 8.73. The Morgan fingerprint density at radius 3 is 2.73 bits per heavy atom. The van der Waals surface area contributed by atoms with Crippen molar-refractivity contribution in [1.82, 2.24) is 0 Å². The SMILES string of the molecule is CC(=O)OCCOCCC#N. The van der Waals surface area contributed by atoms with Crippen LogP contribution in [0.25, 0.3) is 0 Å². The first-order chi connectivity index (χ1) is 5.27. The van der Waals surface area contributed by atoms with Gasteiger partial charge in [-0.2, -0.15) is 5.26 Å². The summed E-state index contributed by atoms with van der Waals surface area (Å²) in [6.45, 7) is 2.37. The number of hydrogen-bond donors (Lipinski definition) is 0. The van der Waals surface area contributed by atoms with E-state index >= 15 is 0 Å². The van der Waals surface area contributed by atoms with Gasteiger partial charge < -0.3 is 9.47 Å². The highest BCUT2D eigenvalue weighted by molar-refractivity contribution is 5.65. The van der Waals surface area contributed by atoms with Gasteiger partial charge in [0.1, 0.15) is 6.61 Å². The van der Waals surface area contributed by atoms with Gasteiger partial charge in [-0.15, -0.1) is 0 Å². The first kappa shape index (κ1) is 9.92. The van der Waals surface area contributed by atoms with Gasteiger partial charge in [0.15, 0.2) is 0 Å². The molecule has 0 fully saturated rings. The first-order valence-electron chi connectivity index (χ1n) is 3.35. The molecule has 11 heavy (non-hydrogen) atoms. The highest BCUT2D eigenvalue weighted by Crippen LogP contribution is 1.81. The van der Waals surface area contributed by atoms with E-state index in [2.05, 4.69) is 4.74 Å². The third-order valence-corrected chi connectivity index (χ3v) is 0.891. The lowest BCUT2D eigenvalue weighted by atomic mass is 10.5. The number of ether oxygens (including phenoxy) is 2. The molecule has 0 rings (SSSR count). The third-order valence-electron chi connectivity index (χ3n) is 0.891. The lowest BCUT2D eigenvalue weighted by Gasteiger charge is -2.01. The Morgan fingerprint density at radius 1 is 1.45 bits per heavy atom. The van der Waals surface area contributed by atoms with Crippen molar-refractivity contribution in [3.05, 3.63) is 0 Å². The van der Waals surface area contributed by atoms with Gasteiger partial charge in [-0.3, -0.25) is 4.79 Å². The summed E-state index contributed by atoms with van der Waals surface area (Å²) in [4.78, 5) is 10.2. The fourth-order valence-corrected chi connectivity index (χ4v) is 0.464. The number of carbonyl (C=O) groups is 1. The molecule has 62 valence electrons. The number of esters is 1. The zero-order valence-corrected chi connectivity index (χ0v) is 6.50. The predicted octanol–water partition coefficient (Wildman–Crippen LogP) is 0.480. The molecule has 0 atom stereocenters. The Balaban J connectivity index is 2.92. The van der Waals surface area contributed by atoms with E-state index in [1.807, 2.05) is 6.07 Å². The van der Waals surface area contributed by atoms with Crippen molar-refractivity contribution in [2.45, 2.75) is 13.3 Å². The summed E-state index contributed by atoms with van der Waals surface area (Å²) < 4.78 is 9.50. The summed E-state index contributed by atoms with van der Waals surface area (Å²) >= 11 is 0. The van der Waals surface area contributed by atoms with Gasteiger partial charge in [0, 0.05) is 6.92 Å². The Kier molecular flexibility index (Phi) is 6.34. The molecule has 0 radical (unpaired) electrons. The van der Waals surface area contributed by atoms with Crippen molar-refractivity contribution >= 4 is 5.97 Å². The summed E-state index contributed by atoms with van der Waals surface area (Å²) in [5.74, 6) is -0.311. The molecule has 0 unspecified atom stereocenters. The van der Waals surface area contributed by atoms with Crippen LogP contribution in [0.1, 0.15) is 13.3 Å². The Morgan fingerprint density at radius 2 is 2.18 bits per heavy atom. The largest absolute Gasteiger partial charge is 0.463 e. The number of hydrogen-bond acceptors (Lipinski definition) is 4. The van der Waals surface area contributed by atoms with Crippen molar-refractivity contribution in [2.75, 3.05) is 19.8 Å². The molecule has 0 heterocycles. The van der Waals surface area contributed by atoms with E-state index in [0.717, 1.165) is 0 Å². The maximum absolute atomic E-state index is 10.2. The maximum atomic E-state index is 10.2. The van der Waals surface area contributed by atoms with Crippen LogP contribution in [0.5, 0.6) is 0 Å². The van der Waals surface area contributed by atoms with Gasteiger partial charge in [-0.05, 0) is 0 Å². The van der Waals surface area contributed by atoms with E-state index in [-0.39, 0.29) is 12.6 Å². The maximum Gasteiger partial charge on any atom is 0.302 e. The van der Waals surface area contributed by atoms with Crippen LogP contribution in [0.2, 0.25) is 0 Å². The first-order valence-corrected chi connectivity index (χ1v) is 3.35.